The van der Waals surface area contributed by atoms with E-state index in [1.54, 1.807) is 15.6 Å². The number of hydrogen-bond acceptors (Lipinski definition) is 1. The summed E-state index contributed by atoms with van der Waals surface area (Å²) < 4.78 is 0. The second-order valence-corrected chi connectivity index (χ2v) is 20.3. The number of benzene rings is 8. The van der Waals surface area contributed by atoms with E-state index in [4.69, 9.17) is 0 Å². The van der Waals surface area contributed by atoms with Crippen LogP contribution in [0.25, 0.3) is 33.4 Å². The Morgan fingerprint density at radius 3 is 1.61 bits per heavy atom. The summed E-state index contributed by atoms with van der Waals surface area (Å²) in [4.78, 5) is 2.68. The lowest BCUT2D eigenvalue weighted by Crippen LogP contribution is -2.84. The van der Waals surface area contributed by atoms with Gasteiger partial charge in [0.15, 0.2) is 0 Å². The molecular formula is C54H44BNSi. The molecule has 1 saturated carbocycles. The third-order valence-electron chi connectivity index (χ3n) is 13.3. The fourth-order valence-corrected chi connectivity index (χ4v) is 17.4. The largest absolute Gasteiger partial charge is 0.310 e. The number of rotatable bonds is 6. The Morgan fingerprint density at radius 2 is 0.965 bits per heavy atom. The van der Waals surface area contributed by atoms with E-state index in [2.05, 4.69) is 205 Å². The molecule has 0 spiro atoms. The minimum Gasteiger partial charge on any atom is -0.310 e. The van der Waals surface area contributed by atoms with Crippen molar-refractivity contribution in [3.63, 3.8) is 0 Å². The van der Waals surface area contributed by atoms with E-state index < -0.39 is 8.07 Å². The smallest absolute Gasteiger partial charge is 0.246 e. The van der Waals surface area contributed by atoms with Crippen LogP contribution in [0.2, 0.25) is 5.54 Å². The third kappa shape index (κ3) is 5.36. The van der Waals surface area contributed by atoms with E-state index in [0.717, 1.165) is 0 Å². The number of nitrogens with zero attached hydrogens (tertiary/aromatic N) is 1. The molecule has 57 heavy (non-hydrogen) atoms. The summed E-state index contributed by atoms with van der Waals surface area (Å²) in [5, 5.41) is 4.78. The Balaban J connectivity index is 1.33. The lowest BCUT2D eigenvalue weighted by atomic mass is 9.34. The second-order valence-electron chi connectivity index (χ2n) is 16.2. The molecule has 2 aliphatic heterocycles. The van der Waals surface area contributed by atoms with Crippen LogP contribution in [-0.4, -0.2) is 14.8 Å². The molecule has 1 atom stereocenters. The van der Waals surface area contributed by atoms with Crippen molar-refractivity contribution in [2.24, 2.45) is 0 Å². The molecular weight excluding hydrogens is 701 g/mol. The van der Waals surface area contributed by atoms with Crippen LogP contribution >= 0.6 is 0 Å². The first kappa shape index (κ1) is 34.1. The van der Waals surface area contributed by atoms with E-state index in [0.29, 0.717) is 5.54 Å². The Labute approximate surface area is 338 Å². The maximum atomic E-state index is 2.68. The zero-order valence-electron chi connectivity index (χ0n) is 32.2. The van der Waals surface area contributed by atoms with Crippen molar-refractivity contribution < 1.29 is 0 Å². The molecule has 8 aromatic rings. The van der Waals surface area contributed by atoms with Crippen LogP contribution in [0.5, 0.6) is 0 Å². The standard InChI is InChI=1S/C54H44BNSi/c1-6-21-39(22-7-1)42-37-50-53-52(38-42)57(43-27-12-4-13-28-43,44-29-14-5-15-30-44)51-36-19-17-34-48(51)55(53)47-33-16-18-35-49(47)56(50)54-45(40-23-8-2-9-24-40)31-20-32-46(54)41-25-10-3-11-26-41/h1-4,6-13,16-28,31-38,44H,5,14-15,29-30H2. The Hall–Kier alpha value is -6.16. The summed E-state index contributed by atoms with van der Waals surface area (Å²) in [6.07, 6.45) is 6.50. The molecule has 0 saturated heterocycles. The summed E-state index contributed by atoms with van der Waals surface area (Å²) >= 11 is 0. The summed E-state index contributed by atoms with van der Waals surface area (Å²) in [5.41, 5.74) is 16.3. The van der Waals surface area contributed by atoms with Gasteiger partial charge in [-0.1, -0.05) is 236 Å². The fourth-order valence-electron chi connectivity index (χ4n) is 11.0. The predicted molar refractivity (Wildman–Crippen MR) is 246 cm³/mol. The van der Waals surface area contributed by atoms with Crippen molar-refractivity contribution in [2.75, 3.05) is 4.90 Å². The van der Waals surface area contributed by atoms with Gasteiger partial charge >= 0.3 is 0 Å². The van der Waals surface area contributed by atoms with E-state index >= 15 is 0 Å². The van der Waals surface area contributed by atoms with Gasteiger partial charge in [-0.25, -0.2) is 0 Å². The van der Waals surface area contributed by atoms with Crippen LogP contribution in [0.4, 0.5) is 17.1 Å². The molecule has 272 valence electrons. The maximum Gasteiger partial charge on any atom is 0.246 e. The molecule has 0 radical (unpaired) electrons. The van der Waals surface area contributed by atoms with Crippen molar-refractivity contribution in [3.05, 3.63) is 200 Å². The molecule has 1 fully saturated rings. The summed E-state index contributed by atoms with van der Waals surface area (Å²) in [6.45, 7) is 0.125. The molecule has 1 nitrogen and oxygen atoms in total. The molecule has 8 aromatic carbocycles. The van der Waals surface area contributed by atoms with Gasteiger partial charge in [0, 0.05) is 22.5 Å². The van der Waals surface area contributed by atoms with Crippen LogP contribution in [0.1, 0.15) is 32.1 Å². The van der Waals surface area contributed by atoms with Gasteiger partial charge < -0.3 is 4.90 Å². The SMILES string of the molecule is c1ccc(-c2cc3c4c(c2)[Si](c2ccccc2)(C2CCCCC2)c2ccccc2B4c2ccccc2N3c2c(-c3ccccc3)cccc2-c2ccccc2)cc1. The highest BCUT2D eigenvalue weighted by Gasteiger charge is 2.55. The van der Waals surface area contributed by atoms with E-state index in [9.17, 15) is 0 Å². The Morgan fingerprint density at radius 1 is 0.421 bits per heavy atom. The second kappa shape index (κ2) is 14.1. The fraction of sp³-hybridized carbons (Fsp3) is 0.111. The van der Waals surface area contributed by atoms with Gasteiger partial charge in [-0.05, 0) is 56.0 Å². The first-order chi connectivity index (χ1) is 28.3. The Bertz CT molecular complexity index is 2670. The summed E-state index contributed by atoms with van der Waals surface area (Å²) in [5.74, 6) is 0. The van der Waals surface area contributed by atoms with Gasteiger partial charge in [0.05, 0.1) is 5.69 Å². The minimum absolute atomic E-state index is 0.125. The molecule has 3 heteroatoms. The first-order valence-corrected chi connectivity index (χ1v) is 22.9. The van der Waals surface area contributed by atoms with Crippen molar-refractivity contribution in [1.29, 1.82) is 0 Å². The number of anilines is 3. The van der Waals surface area contributed by atoms with Crippen molar-refractivity contribution in [3.8, 4) is 33.4 Å². The molecule has 3 aliphatic rings. The van der Waals surface area contributed by atoms with Crippen LogP contribution in [-0.2, 0) is 0 Å². The summed E-state index contributed by atoms with van der Waals surface area (Å²) in [6, 6.07) is 76.1. The van der Waals surface area contributed by atoms with Gasteiger partial charge in [0.1, 0.15) is 8.07 Å². The topological polar surface area (TPSA) is 3.24 Å². The van der Waals surface area contributed by atoms with Gasteiger partial charge in [-0.2, -0.15) is 0 Å². The van der Waals surface area contributed by atoms with Crippen molar-refractivity contribution >= 4 is 63.8 Å². The molecule has 0 amide bonds. The quantitative estimate of drug-likeness (QED) is 0.153. The monoisotopic (exact) mass is 745 g/mol. The van der Waals surface area contributed by atoms with Gasteiger partial charge in [0.2, 0.25) is 6.71 Å². The molecule has 1 aliphatic carbocycles. The highest BCUT2D eigenvalue weighted by atomic mass is 28.3. The van der Waals surface area contributed by atoms with E-state index in [1.165, 1.54) is 98.9 Å². The molecule has 0 bridgehead atoms. The Kier molecular flexibility index (Phi) is 8.44. The maximum absolute atomic E-state index is 2.68. The number of fused-ring (bicyclic) bond motifs is 4. The van der Waals surface area contributed by atoms with Crippen molar-refractivity contribution in [1.82, 2.24) is 0 Å². The minimum atomic E-state index is -2.65. The predicted octanol–water partition coefficient (Wildman–Crippen LogP) is 10.1. The van der Waals surface area contributed by atoms with Gasteiger partial charge in [0.25, 0.3) is 0 Å². The number of para-hydroxylation sites is 2. The van der Waals surface area contributed by atoms with Gasteiger partial charge in [-0.15, -0.1) is 0 Å². The molecule has 0 N–H and O–H groups in total. The van der Waals surface area contributed by atoms with Crippen LogP contribution < -0.4 is 36.8 Å². The average molecular weight is 746 g/mol. The zero-order valence-corrected chi connectivity index (χ0v) is 33.2. The third-order valence-corrected chi connectivity index (χ3v) is 18.9. The van der Waals surface area contributed by atoms with E-state index in [-0.39, 0.29) is 6.71 Å². The molecule has 1 unspecified atom stereocenters. The van der Waals surface area contributed by atoms with Crippen LogP contribution in [0.3, 0.4) is 0 Å². The number of hydrogen-bond donors (Lipinski definition) is 0. The molecule has 11 rings (SSSR count). The zero-order chi connectivity index (χ0) is 37.8. The average Bonchev–Trinajstić information content (AvgIpc) is 3.30. The highest BCUT2D eigenvalue weighted by molar-refractivity contribution is 7.21. The molecule has 0 aromatic heterocycles. The van der Waals surface area contributed by atoms with Crippen molar-refractivity contribution in [2.45, 2.75) is 37.6 Å². The van der Waals surface area contributed by atoms with Crippen LogP contribution in [0.15, 0.2) is 200 Å². The normalized spacial score (nSPS) is 17.1. The lowest BCUT2D eigenvalue weighted by molar-refractivity contribution is 0.497. The van der Waals surface area contributed by atoms with Crippen LogP contribution in [0, 0.1) is 0 Å². The van der Waals surface area contributed by atoms with Gasteiger partial charge in [-0.3, -0.25) is 0 Å². The first-order valence-electron chi connectivity index (χ1n) is 20.8. The highest BCUT2D eigenvalue weighted by Crippen LogP contribution is 2.48. The summed E-state index contributed by atoms with van der Waals surface area (Å²) in [7, 11) is -2.65. The lowest BCUT2D eigenvalue weighted by Gasteiger charge is -2.51. The van der Waals surface area contributed by atoms with E-state index in [1.807, 2.05) is 0 Å². The molecule has 2 heterocycles.